The third-order valence-electron chi connectivity index (χ3n) is 5.18. The van der Waals surface area contributed by atoms with Crippen LogP contribution in [0.25, 0.3) is 0 Å². The van der Waals surface area contributed by atoms with Gasteiger partial charge in [0, 0.05) is 18.7 Å². The molecule has 6 heteroatoms. The Labute approximate surface area is 172 Å². The van der Waals surface area contributed by atoms with Crippen LogP contribution < -0.4 is 9.47 Å². The van der Waals surface area contributed by atoms with Crippen LogP contribution >= 0.6 is 0 Å². The molecule has 2 aromatic rings. The van der Waals surface area contributed by atoms with Crippen LogP contribution in [0.5, 0.6) is 11.5 Å². The van der Waals surface area contributed by atoms with Crippen molar-refractivity contribution >= 4 is 5.91 Å². The summed E-state index contributed by atoms with van der Waals surface area (Å²) in [7, 11) is 3.99. The Hall–Kier alpha value is -2.57. The minimum atomic E-state index is -0.989. The summed E-state index contributed by atoms with van der Waals surface area (Å²) in [5.41, 5.74) is -0.388. The smallest absolute Gasteiger partial charge is 0.253 e. The zero-order valence-corrected chi connectivity index (χ0v) is 17.4. The van der Waals surface area contributed by atoms with Gasteiger partial charge in [-0.2, -0.15) is 0 Å². The van der Waals surface area contributed by atoms with Gasteiger partial charge in [0.05, 0.1) is 6.54 Å². The number of benzene rings is 2. The second kappa shape index (κ2) is 9.29. The molecule has 0 saturated carbocycles. The van der Waals surface area contributed by atoms with Crippen LogP contribution in [-0.2, 0) is 0 Å². The molecule has 156 valence electrons. The highest BCUT2D eigenvalue weighted by atomic mass is 16.5. The van der Waals surface area contributed by atoms with Gasteiger partial charge >= 0.3 is 0 Å². The van der Waals surface area contributed by atoms with Crippen LogP contribution in [0.3, 0.4) is 0 Å². The van der Waals surface area contributed by atoms with Crippen LogP contribution in [0, 0.1) is 0 Å². The lowest BCUT2D eigenvalue weighted by Crippen LogP contribution is -2.57. The highest BCUT2D eigenvalue weighted by molar-refractivity contribution is 5.94. The minimum absolute atomic E-state index is 0.0676. The zero-order valence-electron chi connectivity index (χ0n) is 17.4. The lowest BCUT2D eigenvalue weighted by molar-refractivity contribution is -0.0881. The van der Waals surface area contributed by atoms with Crippen LogP contribution in [0.4, 0.5) is 0 Å². The standard InChI is InChI=1S/C23H30N2O4/c1-23(27)13-14-25(17-21(23)29-20-7-5-4-6-8-20)22(26)18-9-11-19(12-10-18)28-16-15-24(2)3/h4-12,21,27H,13-17H2,1-3H3/t21-,23-/m0/s1. The van der Waals surface area contributed by atoms with Gasteiger partial charge in [0.1, 0.15) is 29.8 Å². The van der Waals surface area contributed by atoms with E-state index in [1.807, 2.05) is 56.6 Å². The second-order valence-electron chi connectivity index (χ2n) is 7.95. The van der Waals surface area contributed by atoms with E-state index in [-0.39, 0.29) is 5.91 Å². The van der Waals surface area contributed by atoms with Crippen LogP contribution in [0.2, 0.25) is 0 Å². The van der Waals surface area contributed by atoms with Crippen molar-refractivity contribution in [1.82, 2.24) is 9.80 Å². The first-order valence-corrected chi connectivity index (χ1v) is 9.96. The lowest BCUT2D eigenvalue weighted by Gasteiger charge is -2.42. The van der Waals surface area contributed by atoms with Gasteiger partial charge in [-0.05, 0) is 63.8 Å². The Morgan fingerprint density at radius 3 is 2.48 bits per heavy atom. The van der Waals surface area contributed by atoms with Crippen molar-refractivity contribution in [3.05, 3.63) is 60.2 Å². The van der Waals surface area contributed by atoms with Crippen LogP contribution in [0.1, 0.15) is 23.7 Å². The van der Waals surface area contributed by atoms with Gasteiger partial charge in [-0.25, -0.2) is 0 Å². The van der Waals surface area contributed by atoms with Gasteiger partial charge in [0.15, 0.2) is 0 Å². The number of ether oxygens (including phenoxy) is 2. The first-order valence-electron chi connectivity index (χ1n) is 9.96. The molecule has 2 atom stereocenters. The molecule has 1 saturated heterocycles. The maximum atomic E-state index is 13.0. The van der Waals surface area contributed by atoms with Gasteiger partial charge in [-0.3, -0.25) is 4.79 Å². The molecule has 0 aliphatic carbocycles. The van der Waals surface area contributed by atoms with E-state index in [4.69, 9.17) is 9.47 Å². The molecule has 1 heterocycles. The van der Waals surface area contributed by atoms with Crippen molar-refractivity contribution in [3.63, 3.8) is 0 Å². The number of piperidine rings is 1. The van der Waals surface area contributed by atoms with Gasteiger partial charge in [-0.1, -0.05) is 18.2 Å². The number of likely N-dealkylation sites (tertiary alicyclic amines) is 1. The number of amides is 1. The summed E-state index contributed by atoms with van der Waals surface area (Å²) < 4.78 is 11.7. The highest BCUT2D eigenvalue weighted by Crippen LogP contribution is 2.27. The maximum absolute atomic E-state index is 13.0. The number of para-hydroxylation sites is 1. The molecule has 1 N–H and O–H groups in total. The summed E-state index contributed by atoms with van der Waals surface area (Å²) in [6.45, 7) is 4.02. The number of nitrogens with zero attached hydrogens (tertiary/aromatic N) is 2. The molecule has 1 fully saturated rings. The normalized spacial score (nSPS) is 21.8. The number of rotatable bonds is 7. The monoisotopic (exact) mass is 398 g/mol. The Balaban J connectivity index is 1.63. The number of carbonyl (C=O) groups excluding carboxylic acids is 1. The average molecular weight is 399 g/mol. The molecule has 0 bridgehead atoms. The highest BCUT2D eigenvalue weighted by Gasteiger charge is 2.41. The first kappa shape index (κ1) is 21.1. The molecule has 1 amide bonds. The predicted octanol–water partition coefficient (Wildman–Crippen LogP) is 2.67. The van der Waals surface area contributed by atoms with Gasteiger partial charge in [0.25, 0.3) is 5.91 Å². The predicted molar refractivity (Wildman–Crippen MR) is 112 cm³/mol. The van der Waals surface area contributed by atoms with E-state index in [0.717, 1.165) is 12.3 Å². The van der Waals surface area contributed by atoms with Gasteiger partial charge in [-0.15, -0.1) is 0 Å². The number of hydrogen-bond acceptors (Lipinski definition) is 5. The van der Waals surface area contributed by atoms with Gasteiger partial charge in [0.2, 0.25) is 0 Å². The molecular formula is C23H30N2O4. The van der Waals surface area contributed by atoms with E-state index >= 15 is 0 Å². The summed E-state index contributed by atoms with van der Waals surface area (Å²) >= 11 is 0. The molecule has 1 aliphatic rings. The Morgan fingerprint density at radius 2 is 1.83 bits per heavy atom. The van der Waals surface area contributed by atoms with E-state index in [0.29, 0.717) is 37.4 Å². The van der Waals surface area contributed by atoms with Crippen molar-refractivity contribution in [2.45, 2.75) is 25.0 Å². The van der Waals surface area contributed by atoms with E-state index in [2.05, 4.69) is 4.90 Å². The fourth-order valence-electron chi connectivity index (χ4n) is 3.24. The number of hydrogen-bond donors (Lipinski definition) is 1. The largest absolute Gasteiger partial charge is 0.492 e. The van der Waals surface area contributed by atoms with E-state index in [1.165, 1.54) is 0 Å². The SMILES string of the molecule is CN(C)CCOc1ccc(C(=O)N2CC[C@](C)(O)[C@@H](Oc3ccccc3)C2)cc1. The third kappa shape index (κ3) is 5.71. The zero-order chi connectivity index (χ0) is 20.9. The topological polar surface area (TPSA) is 62.2 Å². The molecular weight excluding hydrogens is 368 g/mol. The van der Waals surface area contributed by atoms with Gasteiger partial charge < -0.3 is 24.4 Å². The summed E-state index contributed by atoms with van der Waals surface area (Å²) in [5, 5.41) is 10.7. The van der Waals surface area contributed by atoms with E-state index in [9.17, 15) is 9.90 Å². The molecule has 0 unspecified atom stereocenters. The summed E-state index contributed by atoms with van der Waals surface area (Å²) in [6.07, 6.45) is -0.0293. The van der Waals surface area contributed by atoms with E-state index < -0.39 is 11.7 Å². The molecule has 0 radical (unpaired) electrons. The molecule has 29 heavy (non-hydrogen) atoms. The average Bonchev–Trinajstić information content (AvgIpc) is 2.70. The number of carbonyl (C=O) groups is 1. The quantitative estimate of drug-likeness (QED) is 0.777. The molecule has 3 rings (SSSR count). The summed E-state index contributed by atoms with van der Waals surface area (Å²) in [6, 6.07) is 16.6. The second-order valence-corrected chi connectivity index (χ2v) is 7.95. The van der Waals surface area contributed by atoms with Crippen molar-refractivity contribution < 1.29 is 19.4 Å². The molecule has 0 aromatic heterocycles. The maximum Gasteiger partial charge on any atom is 0.253 e. The third-order valence-corrected chi connectivity index (χ3v) is 5.18. The Bertz CT molecular complexity index is 790. The summed E-state index contributed by atoms with van der Waals surface area (Å²) in [4.78, 5) is 16.8. The van der Waals surface area contributed by atoms with Crippen molar-refractivity contribution in [2.24, 2.45) is 0 Å². The molecule has 6 nitrogen and oxygen atoms in total. The number of aliphatic hydroxyl groups is 1. The lowest BCUT2D eigenvalue weighted by atomic mass is 9.90. The van der Waals surface area contributed by atoms with Crippen LogP contribution in [0.15, 0.2) is 54.6 Å². The van der Waals surface area contributed by atoms with Crippen LogP contribution in [-0.4, -0.2) is 72.9 Å². The van der Waals surface area contributed by atoms with Crippen molar-refractivity contribution in [1.29, 1.82) is 0 Å². The molecule has 0 spiro atoms. The summed E-state index contributed by atoms with van der Waals surface area (Å²) in [5.74, 6) is 1.36. The Kier molecular flexibility index (Phi) is 6.77. The fraction of sp³-hybridized carbons (Fsp3) is 0.435. The van der Waals surface area contributed by atoms with E-state index in [1.54, 1.807) is 24.0 Å². The molecule has 2 aromatic carbocycles. The first-order chi connectivity index (χ1) is 13.8. The fourth-order valence-corrected chi connectivity index (χ4v) is 3.24. The van der Waals surface area contributed by atoms with Crippen molar-refractivity contribution in [3.8, 4) is 11.5 Å². The Morgan fingerprint density at radius 1 is 1.14 bits per heavy atom. The minimum Gasteiger partial charge on any atom is -0.492 e. The number of likely N-dealkylation sites (N-methyl/N-ethyl adjacent to an activating group) is 1. The van der Waals surface area contributed by atoms with Crippen molar-refractivity contribution in [2.75, 3.05) is 40.3 Å². The molecule has 1 aliphatic heterocycles.